The molecule has 0 saturated carbocycles. The first-order chi connectivity index (χ1) is 7.51. The fraction of sp³-hybridized carbons (Fsp3) is 0.417. The van der Waals surface area contributed by atoms with Gasteiger partial charge in [0.1, 0.15) is 6.10 Å². The molecule has 1 N–H and O–H groups in total. The lowest BCUT2D eigenvalue weighted by molar-refractivity contribution is -0.128. The van der Waals surface area contributed by atoms with Crippen molar-refractivity contribution in [3.05, 3.63) is 34.9 Å². The molecule has 3 nitrogen and oxygen atoms in total. The van der Waals surface area contributed by atoms with Gasteiger partial charge in [-0.1, -0.05) is 29.8 Å². The molecule has 1 saturated heterocycles. The van der Waals surface area contributed by atoms with Gasteiger partial charge >= 0.3 is 0 Å². The maximum absolute atomic E-state index is 11.5. The van der Waals surface area contributed by atoms with Crippen LogP contribution in [0, 0.1) is 5.41 Å². The maximum atomic E-state index is 11.5. The van der Waals surface area contributed by atoms with E-state index in [4.69, 9.17) is 16.4 Å². The maximum Gasteiger partial charge on any atom is 0.251 e. The van der Waals surface area contributed by atoms with Crippen molar-refractivity contribution in [2.45, 2.75) is 26.4 Å². The minimum absolute atomic E-state index is 0.0791. The van der Waals surface area contributed by atoms with Gasteiger partial charge in [0.15, 0.2) is 0 Å². The summed E-state index contributed by atoms with van der Waals surface area (Å²) in [5, 5.41) is 0.709. The largest absolute Gasteiger partial charge is 0.272 e. The average Bonchev–Trinajstić information content (AvgIpc) is 2.48. The molecule has 0 aromatic heterocycles. The van der Waals surface area contributed by atoms with Gasteiger partial charge in [-0.2, -0.15) is 0 Å². The molecule has 1 aliphatic heterocycles. The zero-order chi connectivity index (χ0) is 11.8. The van der Waals surface area contributed by atoms with Crippen LogP contribution >= 0.6 is 11.6 Å². The van der Waals surface area contributed by atoms with Crippen LogP contribution in [0.2, 0.25) is 5.02 Å². The van der Waals surface area contributed by atoms with Gasteiger partial charge < -0.3 is 0 Å². The van der Waals surface area contributed by atoms with Gasteiger partial charge in [-0.3, -0.25) is 9.63 Å². The van der Waals surface area contributed by atoms with Gasteiger partial charge in [0.05, 0.1) is 5.41 Å². The van der Waals surface area contributed by atoms with E-state index in [1.165, 1.54) is 0 Å². The summed E-state index contributed by atoms with van der Waals surface area (Å²) in [7, 11) is 0. The van der Waals surface area contributed by atoms with Crippen molar-refractivity contribution in [2.24, 2.45) is 5.41 Å². The summed E-state index contributed by atoms with van der Waals surface area (Å²) < 4.78 is 0. The Bertz CT molecular complexity index is 417. The molecular weight excluding hydrogens is 226 g/mol. The topological polar surface area (TPSA) is 38.3 Å². The highest BCUT2D eigenvalue weighted by atomic mass is 35.5. The highest BCUT2D eigenvalue weighted by Gasteiger charge is 2.44. The van der Waals surface area contributed by atoms with Crippen molar-refractivity contribution in [2.75, 3.05) is 0 Å². The Morgan fingerprint density at radius 1 is 1.44 bits per heavy atom. The van der Waals surface area contributed by atoms with Crippen LogP contribution in [-0.2, 0) is 16.1 Å². The van der Waals surface area contributed by atoms with Crippen LogP contribution in [0.1, 0.15) is 19.4 Å². The van der Waals surface area contributed by atoms with Crippen molar-refractivity contribution in [3.63, 3.8) is 0 Å². The SMILES string of the molecule is CC1(C)C(=O)NOC1Cc1ccccc1Cl. The lowest BCUT2D eigenvalue weighted by Gasteiger charge is -2.21. The second kappa shape index (κ2) is 4.07. The van der Waals surface area contributed by atoms with Gasteiger partial charge in [-0.15, -0.1) is 0 Å². The standard InChI is InChI=1S/C12H14ClNO2/c1-12(2)10(16-14-11(12)15)7-8-5-3-4-6-9(8)13/h3-6,10H,7H2,1-2H3,(H,14,15). The van der Waals surface area contributed by atoms with Gasteiger partial charge in [0, 0.05) is 11.4 Å². The number of amides is 1. The fourth-order valence-electron chi connectivity index (χ4n) is 1.71. The molecule has 1 amide bonds. The van der Waals surface area contributed by atoms with Crippen LogP contribution < -0.4 is 5.48 Å². The van der Waals surface area contributed by atoms with Crippen molar-refractivity contribution >= 4 is 17.5 Å². The minimum Gasteiger partial charge on any atom is -0.272 e. The minimum atomic E-state index is -0.515. The molecular formula is C12H14ClNO2. The smallest absolute Gasteiger partial charge is 0.251 e. The first-order valence-electron chi connectivity index (χ1n) is 5.21. The van der Waals surface area contributed by atoms with Crippen molar-refractivity contribution in [3.8, 4) is 0 Å². The summed E-state index contributed by atoms with van der Waals surface area (Å²) in [4.78, 5) is 16.8. The van der Waals surface area contributed by atoms with Gasteiger partial charge in [0.2, 0.25) is 0 Å². The first-order valence-corrected chi connectivity index (χ1v) is 5.59. The summed E-state index contributed by atoms with van der Waals surface area (Å²) in [5.74, 6) is -0.0791. The van der Waals surface area contributed by atoms with Gasteiger partial charge in [-0.25, -0.2) is 5.48 Å². The molecule has 2 rings (SSSR count). The number of halogens is 1. The summed E-state index contributed by atoms with van der Waals surface area (Å²) >= 11 is 6.07. The Kier molecular flexibility index (Phi) is 2.91. The van der Waals surface area contributed by atoms with E-state index in [0.717, 1.165) is 5.56 Å². The zero-order valence-electron chi connectivity index (χ0n) is 9.29. The fourth-order valence-corrected chi connectivity index (χ4v) is 1.92. The molecule has 4 heteroatoms. The van der Waals surface area contributed by atoms with E-state index >= 15 is 0 Å². The number of nitrogens with one attached hydrogen (secondary N) is 1. The quantitative estimate of drug-likeness (QED) is 0.860. The highest BCUT2D eigenvalue weighted by Crippen LogP contribution is 2.32. The molecule has 1 fully saturated rings. The number of carbonyl (C=O) groups is 1. The van der Waals surface area contributed by atoms with Crippen molar-refractivity contribution in [1.29, 1.82) is 0 Å². The molecule has 0 aliphatic carbocycles. The third-order valence-corrected chi connectivity index (χ3v) is 3.42. The van der Waals surface area contributed by atoms with E-state index < -0.39 is 5.41 Å². The average molecular weight is 240 g/mol. The molecule has 1 aromatic rings. The lowest BCUT2D eigenvalue weighted by atomic mass is 9.83. The van der Waals surface area contributed by atoms with E-state index in [1.807, 2.05) is 38.1 Å². The lowest BCUT2D eigenvalue weighted by Crippen LogP contribution is -2.32. The third-order valence-electron chi connectivity index (χ3n) is 3.05. The molecule has 1 unspecified atom stereocenters. The molecule has 86 valence electrons. The predicted molar refractivity (Wildman–Crippen MR) is 62.0 cm³/mol. The number of carbonyl (C=O) groups excluding carboxylic acids is 1. The number of hydroxylamine groups is 1. The second-order valence-electron chi connectivity index (χ2n) is 4.55. The van der Waals surface area contributed by atoms with E-state index in [9.17, 15) is 4.79 Å². The summed E-state index contributed by atoms with van der Waals surface area (Å²) in [6.07, 6.45) is 0.450. The van der Waals surface area contributed by atoms with E-state index in [2.05, 4.69) is 5.48 Å². The summed E-state index contributed by atoms with van der Waals surface area (Å²) in [5.41, 5.74) is 2.90. The van der Waals surface area contributed by atoms with E-state index in [1.54, 1.807) is 0 Å². The number of rotatable bonds is 2. The molecule has 1 heterocycles. The van der Waals surface area contributed by atoms with Crippen LogP contribution in [-0.4, -0.2) is 12.0 Å². The molecule has 16 heavy (non-hydrogen) atoms. The second-order valence-corrected chi connectivity index (χ2v) is 4.96. The Morgan fingerprint density at radius 3 is 2.69 bits per heavy atom. The summed E-state index contributed by atoms with van der Waals surface area (Å²) in [6, 6.07) is 7.60. The van der Waals surface area contributed by atoms with Gasteiger partial charge in [-0.05, 0) is 25.5 Å². The number of hydrogen-bond acceptors (Lipinski definition) is 2. The van der Waals surface area contributed by atoms with Crippen LogP contribution in [0.25, 0.3) is 0 Å². The van der Waals surface area contributed by atoms with E-state index in [0.29, 0.717) is 11.4 Å². The third kappa shape index (κ3) is 1.93. The predicted octanol–water partition coefficient (Wildman–Crippen LogP) is 2.34. The normalized spacial score (nSPS) is 23.2. The molecule has 1 atom stereocenters. The number of benzene rings is 1. The Balaban J connectivity index is 2.18. The Labute approximate surface area is 99.7 Å². The van der Waals surface area contributed by atoms with Gasteiger partial charge in [0.25, 0.3) is 5.91 Å². The Morgan fingerprint density at radius 2 is 2.12 bits per heavy atom. The molecule has 0 radical (unpaired) electrons. The monoisotopic (exact) mass is 239 g/mol. The summed E-state index contributed by atoms with van der Waals surface area (Å²) in [6.45, 7) is 3.74. The molecule has 1 aromatic carbocycles. The van der Waals surface area contributed by atoms with Crippen LogP contribution in [0.5, 0.6) is 0 Å². The first kappa shape index (κ1) is 11.4. The highest BCUT2D eigenvalue weighted by molar-refractivity contribution is 6.31. The number of hydrogen-bond donors (Lipinski definition) is 1. The van der Waals surface area contributed by atoms with Crippen LogP contribution in [0.3, 0.4) is 0 Å². The van der Waals surface area contributed by atoms with Crippen molar-refractivity contribution < 1.29 is 9.63 Å². The van der Waals surface area contributed by atoms with Crippen LogP contribution in [0.4, 0.5) is 0 Å². The van der Waals surface area contributed by atoms with Crippen LogP contribution in [0.15, 0.2) is 24.3 Å². The molecule has 0 spiro atoms. The zero-order valence-corrected chi connectivity index (χ0v) is 10.0. The van der Waals surface area contributed by atoms with Crippen molar-refractivity contribution in [1.82, 2.24) is 5.48 Å². The Hall–Kier alpha value is -1.06. The molecule has 0 bridgehead atoms. The van der Waals surface area contributed by atoms with E-state index in [-0.39, 0.29) is 12.0 Å². The molecule has 1 aliphatic rings.